The number of benzene rings is 1. The number of carbonyl (C=O) groups is 2. The highest BCUT2D eigenvalue weighted by Crippen LogP contribution is 2.36. The molecule has 25 heavy (non-hydrogen) atoms. The molecule has 0 radical (unpaired) electrons. The molecule has 2 fully saturated rings. The summed E-state index contributed by atoms with van der Waals surface area (Å²) >= 11 is 0. The van der Waals surface area contributed by atoms with Crippen LogP contribution in [0.1, 0.15) is 44.1 Å². The van der Waals surface area contributed by atoms with Gasteiger partial charge in [-0.2, -0.15) is 0 Å². The lowest BCUT2D eigenvalue weighted by atomic mass is 9.85. The van der Waals surface area contributed by atoms with Crippen molar-refractivity contribution in [1.82, 2.24) is 15.1 Å². The Kier molecular flexibility index (Phi) is 5.95. The Balaban J connectivity index is 1.56. The van der Waals surface area contributed by atoms with Crippen molar-refractivity contribution < 1.29 is 9.59 Å². The van der Waals surface area contributed by atoms with E-state index in [1.807, 2.05) is 11.0 Å². The third-order valence-electron chi connectivity index (χ3n) is 5.68. The molecule has 136 valence electrons. The number of nitrogens with one attached hydrogen (secondary N) is 1. The van der Waals surface area contributed by atoms with Gasteiger partial charge in [-0.25, -0.2) is 4.79 Å². The SMILES string of the molecule is CC(=O)N1CCN(C(=O)NCC(c2ccccc2)C2CCCC2)CC1. The minimum atomic E-state index is 0.00197. The summed E-state index contributed by atoms with van der Waals surface area (Å²) in [5.74, 6) is 1.15. The zero-order chi connectivity index (χ0) is 17.6. The fraction of sp³-hybridized carbons (Fsp3) is 0.600. The van der Waals surface area contributed by atoms with Crippen LogP contribution in [0.25, 0.3) is 0 Å². The van der Waals surface area contributed by atoms with Crippen molar-refractivity contribution in [1.29, 1.82) is 0 Å². The van der Waals surface area contributed by atoms with Gasteiger partial charge < -0.3 is 15.1 Å². The van der Waals surface area contributed by atoms with Gasteiger partial charge in [-0.05, 0) is 24.3 Å². The highest BCUT2D eigenvalue weighted by molar-refractivity contribution is 5.76. The van der Waals surface area contributed by atoms with Crippen molar-refractivity contribution >= 4 is 11.9 Å². The summed E-state index contributed by atoms with van der Waals surface area (Å²) in [5.41, 5.74) is 1.33. The number of rotatable bonds is 4. The number of amides is 3. The monoisotopic (exact) mass is 343 g/mol. The fourth-order valence-corrected chi connectivity index (χ4v) is 4.15. The van der Waals surface area contributed by atoms with Crippen LogP contribution in [0.5, 0.6) is 0 Å². The first-order valence-electron chi connectivity index (χ1n) is 9.48. The maximum Gasteiger partial charge on any atom is 0.317 e. The Hall–Kier alpha value is -2.04. The van der Waals surface area contributed by atoms with Crippen molar-refractivity contribution in [2.24, 2.45) is 5.92 Å². The van der Waals surface area contributed by atoms with Crippen molar-refractivity contribution in [3.63, 3.8) is 0 Å². The molecule has 1 aromatic carbocycles. The summed E-state index contributed by atoms with van der Waals surface area (Å²) in [4.78, 5) is 27.6. The van der Waals surface area contributed by atoms with Crippen LogP contribution in [0.3, 0.4) is 0 Å². The standard InChI is InChI=1S/C20H29N3O2/c1-16(24)22-11-13-23(14-12-22)20(25)21-15-19(18-9-5-6-10-18)17-7-3-2-4-8-17/h2-4,7-8,18-19H,5-6,9-15H2,1H3,(H,21,25). The van der Waals surface area contributed by atoms with E-state index >= 15 is 0 Å². The van der Waals surface area contributed by atoms with Crippen LogP contribution in [-0.2, 0) is 4.79 Å². The van der Waals surface area contributed by atoms with E-state index in [0.29, 0.717) is 44.6 Å². The summed E-state index contributed by atoms with van der Waals surface area (Å²) in [6.45, 7) is 4.78. The van der Waals surface area contributed by atoms with Gasteiger partial charge in [-0.3, -0.25) is 4.79 Å². The van der Waals surface area contributed by atoms with Crippen molar-refractivity contribution in [3.8, 4) is 0 Å². The van der Waals surface area contributed by atoms with E-state index in [2.05, 4.69) is 29.6 Å². The molecule has 5 nitrogen and oxygen atoms in total. The molecular weight excluding hydrogens is 314 g/mol. The quantitative estimate of drug-likeness (QED) is 0.914. The lowest BCUT2D eigenvalue weighted by molar-refractivity contribution is -0.130. The molecule has 3 rings (SSSR count). The van der Waals surface area contributed by atoms with Gasteiger partial charge in [0.1, 0.15) is 0 Å². The predicted molar refractivity (Wildman–Crippen MR) is 98.4 cm³/mol. The number of hydrogen-bond donors (Lipinski definition) is 1. The zero-order valence-electron chi connectivity index (χ0n) is 15.1. The van der Waals surface area contributed by atoms with E-state index in [1.165, 1.54) is 31.2 Å². The molecule has 5 heteroatoms. The second kappa shape index (κ2) is 8.37. The highest BCUT2D eigenvalue weighted by Gasteiger charge is 2.28. The molecule has 1 saturated carbocycles. The van der Waals surface area contributed by atoms with Gasteiger partial charge in [0.05, 0.1) is 0 Å². The lowest BCUT2D eigenvalue weighted by Crippen LogP contribution is -2.53. The largest absolute Gasteiger partial charge is 0.339 e. The summed E-state index contributed by atoms with van der Waals surface area (Å²) < 4.78 is 0. The normalized spacial score (nSPS) is 19.7. The van der Waals surface area contributed by atoms with E-state index in [-0.39, 0.29) is 11.9 Å². The number of hydrogen-bond acceptors (Lipinski definition) is 2. The first-order chi connectivity index (χ1) is 12.1. The van der Waals surface area contributed by atoms with E-state index in [4.69, 9.17) is 0 Å². The molecule has 0 bridgehead atoms. The minimum absolute atomic E-state index is 0.00197. The van der Waals surface area contributed by atoms with E-state index in [0.717, 1.165) is 0 Å². The minimum Gasteiger partial charge on any atom is -0.339 e. The lowest BCUT2D eigenvalue weighted by Gasteiger charge is -2.34. The Labute approximate surface area is 150 Å². The van der Waals surface area contributed by atoms with Crippen LogP contribution >= 0.6 is 0 Å². The van der Waals surface area contributed by atoms with Gasteiger partial charge in [0.25, 0.3) is 0 Å². The van der Waals surface area contributed by atoms with Gasteiger partial charge in [0.15, 0.2) is 0 Å². The smallest absolute Gasteiger partial charge is 0.317 e. The van der Waals surface area contributed by atoms with Gasteiger partial charge in [-0.15, -0.1) is 0 Å². The van der Waals surface area contributed by atoms with E-state index < -0.39 is 0 Å². The Morgan fingerprint density at radius 3 is 2.24 bits per heavy atom. The molecule has 1 unspecified atom stereocenters. The average molecular weight is 343 g/mol. The number of piperazine rings is 1. The average Bonchev–Trinajstić information content (AvgIpc) is 3.17. The molecule has 1 heterocycles. The van der Waals surface area contributed by atoms with Crippen LogP contribution in [-0.4, -0.2) is 54.5 Å². The molecule has 0 spiro atoms. The van der Waals surface area contributed by atoms with Gasteiger partial charge in [-0.1, -0.05) is 43.2 Å². The zero-order valence-corrected chi connectivity index (χ0v) is 15.1. The van der Waals surface area contributed by atoms with Crippen molar-refractivity contribution in [2.75, 3.05) is 32.7 Å². The molecule has 1 N–H and O–H groups in total. The van der Waals surface area contributed by atoms with Crippen LogP contribution in [0.4, 0.5) is 4.79 Å². The molecular formula is C20H29N3O2. The molecule has 1 aliphatic carbocycles. The van der Waals surface area contributed by atoms with Gasteiger partial charge >= 0.3 is 6.03 Å². The maximum atomic E-state index is 12.5. The molecule has 1 saturated heterocycles. The number of nitrogens with zero attached hydrogens (tertiary/aromatic N) is 2. The summed E-state index contributed by atoms with van der Waals surface area (Å²) in [5, 5.41) is 3.16. The van der Waals surface area contributed by atoms with Crippen LogP contribution in [0.2, 0.25) is 0 Å². The fourth-order valence-electron chi connectivity index (χ4n) is 4.15. The molecule has 2 aliphatic rings. The van der Waals surface area contributed by atoms with Crippen LogP contribution in [0, 0.1) is 5.92 Å². The van der Waals surface area contributed by atoms with Crippen molar-refractivity contribution in [2.45, 2.75) is 38.5 Å². The third-order valence-corrected chi connectivity index (χ3v) is 5.68. The van der Waals surface area contributed by atoms with Gasteiger partial charge in [0, 0.05) is 45.6 Å². The van der Waals surface area contributed by atoms with Crippen molar-refractivity contribution in [3.05, 3.63) is 35.9 Å². The Bertz CT molecular complexity index is 576. The second-order valence-electron chi connectivity index (χ2n) is 7.24. The van der Waals surface area contributed by atoms with E-state index in [9.17, 15) is 9.59 Å². The third kappa shape index (κ3) is 4.53. The summed E-state index contributed by atoms with van der Waals surface area (Å²) in [6, 6.07) is 10.6. The first-order valence-corrected chi connectivity index (χ1v) is 9.48. The topological polar surface area (TPSA) is 52.7 Å². The van der Waals surface area contributed by atoms with Crippen LogP contribution < -0.4 is 5.32 Å². The number of urea groups is 1. The van der Waals surface area contributed by atoms with E-state index in [1.54, 1.807) is 11.8 Å². The molecule has 1 aliphatic heterocycles. The molecule has 1 atom stereocenters. The first kappa shape index (κ1) is 17.8. The Morgan fingerprint density at radius 1 is 1.04 bits per heavy atom. The molecule has 1 aromatic rings. The molecule has 3 amide bonds. The predicted octanol–water partition coefficient (Wildman–Crippen LogP) is 2.83. The second-order valence-corrected chi connectivity index (χ2v) is 7.24. The summed E-state index contributed by atoms with van der Waals surface area (Å²) in [7, 11) is 0. The number of carbonyl (C=O) groups excluding carboxylic acids is 2. The molecule has 0 aromatic heterocycles. The van der Waals surface area contributed by atoms with Crippen LogP contribution in [0.15, 0.2) is 30.3 Å². The Morgan fingerprint density at radius 2 is 1.64 bits per heavy atom. The summed E-state index contributed by atoms with van der Waals surface area (Å²) in [6.07, 6.45) is 5.11. The maximum absolute atomic E-state index is 12.5. The van der Waals surface area contributed by atoms with Gasteiger partial charge in [0.2, 0.25) is 5.91 Å². The highest BCUT2D eigenvalue weighted by atomic mass is 16.2.